The highest BCUT2D eigenvalue weighted by Gasteiger charge is 2.39. The van der Waals surface area contributed by atoms with Crippen molar-refractivity contribution in [1.29, 1.82) is 0 Å². The molecule has 2 aromatic carbocycles. The first-order valence-electron chi connectivity index (χ1n) is 8.23. The lowest BCUT2D eigenvalue weighted by Gasteiger charge is -2.13. The Morgan fingerprint density at radius 2 is 1.56 bits per heavy atom. The molecule has 2 aromatic rings. The van der Waals surface area contributed by atoms with E-state index in [0.717, 1.165) is 11.3 Å². The highest BCUT2D eigenvalue weighted by molar-refractivity contribution is 6.01. The monoisotopic (exact) mass is 380 g/mol. The topological polar surface area (TPSA) is 67.4 Å². The molecule has 27 heavy (non-hydrogen) atoms. The second-order valence-electron chi connectivity index (χ2n) is 5.76. The lowest BCUT2D eigenvalue weighted by atomic mass is 10.2. The molecular weight excluding hydrogens is 361 g/mol. The van der Waals surface area contributed by atoms with Gasteiger partial charge in [-0.3, -0.25) is 9.59 Å². The van der Waals surface area contributed by atoms with E-state index >= 15 is 0 Å². The van der Waals surface area contributed by atoms with Gasteiger partial charge in [0.05, 0.1) is 18.0 Å². The number of nitrogens with one attached hydrogen (secondary N) is 2. The van der Waals surface area contributed by atoms with Crippen molar-refractivity contribution in [1.82, 2.24) is 0 Å². The van der Waals surface area contributed by atoms with Crippen molar-refractivity contribution in [2.45, 2.75) is 25.9 Å². The molecule has 0 aliphatic rings. The van der Waals surface area contributed by atoms with Crippen LogP contribution < -0.4 is 15.4 Å². The maximum atomic E-state index is 12.4. The Morgan fingerprint density at radius 1 is 0.963 bits per heavy atom. The molecule has 0 spiro atoms. The standard InChI is InChI=1S/C19H19F3N2O3/c1-13-7-2-5-10-16(13)27-12-6-11-17(25)23-14-8-3-4-9-15(14)24-18(26)19(20,21)22/h2-5,7-10H,6,11-12H2,1H3,(H,23,25)(H,24,26). The number of carbonyl (C=O) groups excluding carboxylic acids is 2. The Labute approximate surface area is 154 Å². The van der Waals surface area contributed by atoms with Gasteiger partial charge in [-0.05, 0) is 37.1 Å². The Morgan fingerprint density at radius 3 is 2.19 bits per heavy atom. The fourth-order valence-electron chi connectivity index (χ4n) is 2.24. The van der Waals surface area contributed by atoms with Gasteiger partial charge >= 0.3 is 12.1 Å². The molecule has 2 N–H and O–H groups in total. The van der Waals surface area contributed by atoms with Crippen molar-refractivity contribution in [2.75, 3.05) is 17.2 Å². The first kappa shape index (κ1) is 20.3. The van der Waals surface area contributed by atoms with Gasteiger partial charge in [-0.1, -0.05) is 30.3 Å². The average molecular weight is 380 g/mol. The molecular formula is C19H19F3N2O3. The Balaban J connectivity index is 1.85. The fraction of sp³-hybridized carbons (Fsp3) is 0.263. The van der Waals surface area contributed by atoms with E-state index in [1.54, 1.807) is 11.4 Å². The Bertz CT molecular complexity index is 807. The molecule has 0 bridgehead atoms. The molecule has 8 heteroatoms. The number of amides is 2. The molecule has 0 saturated heterocycles. The minimum Gasteiger partial charge on any atom is -0.493 e. The molecule has 0 saturated carbocycles. The molecule has 0 heterocycles. The van der Waals surface area contributed by atoms with Gasteiger partial charge in [-0.15, -0.1) is 0 Å². The largest absolute Gasteiger partial charge is 0.493 e. The van der Waals surface area contributed by atoms with E-state index < -0.39 is 18.0 Å². The minimum absolute atomic E-state index is 0.0972. The quantitative estimate of drug-likeness (QED) is 0.704. The summed E-state index contributed by atoms with van der Waals surface area (Å²) in [5.74, 6) is -1.76. The zero-order valence-corrected chi connectivity index (χ0v) is 14.6. The van der Waals surface area contributed by atoms with Crippen molar-refractivity contribution >= 4 is 23.2 Å². The first-order chi connectivity index (χ1) is 12.8. The van der Waals surface area contributed by atoms with Crippen LogP contribution in [0.4, 0.5) is 24.5 Å². The molecule has 2 rings (SSSR count). The lowest BCUT2D eigenvalue weighted by Crippen LogP contribution is -2.30. The summed E-state index contributed by atoms with van der Waals surface area (Å²) in [6.45, 7) is 2.24. The molecule has 0 aromatic heterocycles. The Hall–Kier alpha value is -3.03. The van der Waals surface area contributed by atoms with Crippen LogP contribution in [0.5, 0.6) is 5.75 Å². The maximum Gasteiger partial charge on any atom is 0.471 e. The third kappa shape index (κ3) is 6.32. The lowest BCUT2D eigenvalue weighted by molar-refractivity contribution is -0.167. The van der Waals surface area contributed by atoms with E-state index in [1.807, 2.05) is 31.2 Å². The predicted octanol–water partition coefficient (Wildman–Crippen LogP) is 4.29. The van der Waals surface area contributed by atoms with Gasteiger partial charge in [0, 0.05) is 6.42 Å². The van der Waals surface area contributed by atoms with Crippen LogP contribution in [0.25, 0.3) is 0 Å². The van der Waals surface area contributed by atoms with Gasteiger partial charge in [0.1, 0.15) is 5.75 Å². The van der Waals surface area contributed by atoms with Gasteiger partial charge in [-0.25, -0.2) is 0 Å². The highest BCUT2D eigenvalue weighted by atomic mass is 19.4. The van der Waals surface area contributed by atoms with Gasteiger partial charge < -0.3 is 15.4 Å². The number of alkyl halides is 3. The van der Waals surface area contributed by atoms with Crippen molar-refractivity contribution in [3.63, 3.8) is 0 Å². The van der Waals surface area contributed by atoms with E-state index in [1.165, 1.54) is 18.2 Å². The van der Waals surface area contributed by atoms with E-state index in [0.29, 0.717) is 13.0 Å². The van der Waals surface area contributed by atoms with Gasteiger partial charge in [0.2, 0.25) is 5.91 Å². The second-order valence-corrected chi connectivity index (χ2v) is 5.76. The number of ether oxygens (including phenoxy) is 1. The van der Waals surface area contributed by atoms with Crippen molar-refractivity contribution in [3.05, 3.63) is 54.1 Å². The summed E-state index contributed by atoms with van der Waals surface area (Å²) in [6, 6.07) is 13.2. The summed E-state index contributed by atoms with van der Waals surface area (Å²) in [6.07, 6.45) is -4.46. The molecule has 0 aliphatic carbocycles. The third-order valence-electron chi connectivity index (χ3n) is 3.61. The van der Waals surface area contributed by atoms with Crippen molar-refractivity contribution in [2.24, 2.45) is 0 Å². The van der Waals surface area contributed by atoms with Crippen LogP contribution in [0.1, 0.15) is 18.4 Å². The third-order valence-corrected chi connectivity index (χ3v) is 3.61. The maximum absolute atomic E-state index is 12.4. The number of benzene rings is 2. The summed E-state index contributed by atoms with van der Waals surface area (Å²) in [7, 11) is 0. The molecule has 0 fully saturated rings. The van der Waals surface area contributed by atoms with Crippen LogP contribution in [-0.2, 0) is 9.59 Å². The fourth-order valence-corrected chi connectivity index (χ4v) is 2.24. The number of hydrogen-bond donors (Lipinski definition) is 2. The van der Waals surface area contributed by atoms with Gasteiger partial charge in [-0.2, -0.15) is 13.2 Å². The van der Waals surface area contributed by atoms with Crippen LogP contribution in [0.2, 0.25) is 0 Å². The summed E-state index contributed by atoms with van der Waals surface area (Å²) in [4.78, 5) is 23.1. The first-order valence-corrected chi connectivity index (χ1v) is 8.23. The van der Waals surface area contributed by atoms with Crippen LogP contribution in [0, 0.1) is 6.92 Å². The minimum atomic E-state index is -5.01. The van der Waals surface area contributed by atoms with E-state index in [9.17, 15) is 22.8 Å². The zero-order valence-electron chi connectivity index (χ0n) is 14.6. The molecule has 144 valence electrons. The van der Waals surface area contributed by atoms with E-state index in [4.69, 9.17) is 4.74 Å². The molecule has 0 unspecified atom stereocenters. The molecule has 5 nitrogen and oxygen atoms in total. The van der Waals surface area contributed by atoms with E-state index in [-0.39, 0.29) is 17.8 Å². The van der Waals surface area contributed by atoms with Crippen molar-refractivity contribution < 1.29 is 27.5 Å². The molecule has 0 radical (unpaired) electrons. The summed E-state index contributed by atoms with van der Waals surface area (Å²) in [5.41, 5.74) is 0.959. The highest BCUT2D eigenvalue weighted by Crippen LogP contribution is 2.24. The normalized spacial score (nSPS) is 11.0. The SMILES string of the molecule is Cc1ccccc1OCCCC(=O)Nc1ccccc1NC(=O)C(F)(F)F. The van der Waals surface area contributed by atoms with Gasteiger partial charge in [0.15, 0.2) is 0 Å². The molecule has 2 amide bonds. The number of carbonyl (C=O) groups is 2. The molecule has 0 atom stereocenters. The predicted molar refractivity (Wildman–Crippen MR) is 95.7 cm³/mol. The number of anilines is 2. The number of para-hydroxylation sites is 3. The number of aryl methyl sites for hydroxylation is 1. The smallest absolute Gasteiger partial charge is 0.471 e. The zero-order chi connectivity index (χ0) is 19.9. The summed E-state index contributed by atoms with van der Waals surface area (Å²) >= 11 is 0. The van der Waals surface area contributed by atoms with Crippen LogP contribution in [0.3, 0.4) is 0 Å². The number of rotatable bonds is 7. The summed E-state index contributed by atoms with van der Waals surface area (Å²) in [5, 5.41) is 4.25. The molecule has 0 aliphatic heterocycles. The average Bonchev–Trinajstić information content (AvgIpc) is 2.61. The van der Waals surface area contributed by atoms with Crippen LogP contribution in [0.15, 0.2) is 48.5 Å². The summed E-state index contributed by atoms with van der Waals surface area (Å²) < 4.78 is 42.8. The number of hydrogen-bond acceptors (Lipinski definition) is 3. The number of halogens is 3. The second kappa shape index (κ2) is 9.07. The van der Waals surface area contributed by atoms with E-state index in [2.05, 4.69) is 5.32 Å². The van der Waals surface area contributed by atoms with Crippen molar-refractivity contribution in [3.8, 4) is 5.75 Å². The van der Waals surface area contributed by atoms with Crippen LogP contribution >= 0.6 is 0 Å². The van der Waals surface area contributed by atoms with Gasteiger partial charge in [0.25, 0.3) is 0 Å². The van der Waals surface area contributed by atoms with Crippen LogP contribution in [-0.4, -0.2) is 24.6 Å². The Kier molecular flexibility index (Phi) is 6.81.